The lowest BCUT2D eigenvalue weighted by atomic mass is 10.0. The van der Waals surface area contributed by atoms with Crippen molar-refractivity contribution in [3.63, 3.8) is 0 Å². The van der Waals surface area contributed by atoms with Crippen LogP contribution < -0.4 is 5.73 Å². The molecule has 0 bridgehead atoms. The lowest BCUT2D eigenvalue weighted by Crippen LogP contribution is -2.23. The highest BCUT2D eigenvalue weighted by Crippen LogP contribution is 2.33. The predicted octanol–water partition coefficient (Wildman–Crippen LogP) is 4.29. The van der Waals surface area contributed by atoms with Gasteiger partial charge >= 0.3 is 0 Å². The molecule has 0 fully saturated rings. The molecule has 0 aromatic heterocycles. The molecule has 108 valence electrons. The van der Waals surface area contributed by atoms with Crippen molar-refractivity contribution in [3.05, 3.63) is 59.1 Å². The minimum absolute atomic E-state index is 0. The van der Waals surface area contributed by atoms with Gasteiger partial charge in [0.25, 0.3) is 0 Å². The first-order valence-electron chi connectivity index (χ1n) is 6.04. The van der Waals surface area contributed by atoms with Gasteiger partial charge in [-0.25, -0.2) is 0 Å². The molecule has 0 unspecified atom stereocenters. The van der Waals surface area contributed by atoms with Crippen LogP contribution in [0.15, 0.2) is 58.3 Å². The molecule has 0 heterocycles. The van der Waals surface area contributed by atoms with Gasteiger partial charge in [0.15, 0.2) is 0 Å². The number of aliphatic hydroxyl groups is 1. The Morgan fingerprint density at radius 1 is 1.10 bits per heavy atom. The lowest BCUT2D eigenvalue weighted by molar-refractivity contribution is 0.163. The molecular formula is C15H17Cl2NOS. The Morgan fingerprint density at radius 3 is 2.30 bits per heavy atom. The summed E-state index contributed by atoms with van der Waals surface area (Å²) in [5.74, 6) is 0. The monoisotopic (exact) mass is 329 g/mol. The third kappa shape index (κ3) is 4.40. The Balaban J connectivity index is 0.00000200. The summed E-state index contributed by atoms with van der Waals surface area (Å²) in [4.78, 5) is 2.15. The fraction of sp³-hybridized carbons (Fsp3) is 0.200. The van der Waals surface area contributed by atoms with Crippen molar-refractivity contribution in [2.75, 3.05) is 0 Å². The number of hydrogen-bond acceptors (Lipinski definition) is 3. The molecule has 2 aromatic carbocycles. The van der Waals surface area contributed by atoms with Gasteiger partial charge in [-0.15, -0.1) is 12.4 Å². The average molecular weight is 330 g/mol. The first-order valence-corrected chi connectivity index (χ1v) is 7.23. The number of rotatable bonds is 4. The molecule has 3 N–H and O–H groups in total. The summed E-state index contributed by atoms with van der Waals surface area (Å²) in [7, 11) is 0. The molecule has 2 nitrogen and oxygen atoms in total. The summed E-state index contributed by atoms with van der Waals surface area (Å²) >= 11 is 7.49. The van der Waals surface area contributed by atoms with Gasteiger partial charge in [-0.1, -0.05) is 41.6 Å². The van der Waals surface area contributed by atoms with E-state index in [2.05, 4.69) is 0 Å². The van der Waals surface area contributed by atoms with E-state index in [9.17, 15) is 5.11 Å². The zero-order valence-corrected chi connectivity index (χ0v) is 13.4. The quantitative estimate of drug-likeness (QED) is 0.879. The van der Waals surface area contributed by atoms with Crippen LogP contribution in [0.4, 0.5) is 0 Å². The third-order valence-electron chi connectivity index (χ3n) is 2.84. The largest absolute Gasteiger partial charge is 0.391 e. The standard InChI is InChI=1S/C15H16ClNOS.ClH/c1-10(18)15(17)13-4-2-3-5-14(13)19-12-8-6-11(16)7-9-12;/h2-10,15,18H,17H2,1H3;1H/t10-,15-;/m0./s1. The second kappa shape index (κ2) is 7.91. The van der Waals surface area contributed by atoms with Crippen molar-refractivity contribution in [1.29, 1.82) is 0 Å². The number of aliphatic hydroxyl groups excluding tert-OH is 1. The first kappa shape index (κ1) is 17.3. The second-order valence-electron chi connectivity index (χ2n) is 4.36. The molecule has 5 heteroatoms. The Hall–Kier alpha value is -0.710. The van der Waals surface area contributed by atoms with E-state index in [-0.39, 0.29) is 18.4 Å². The topological polar surface area (TPSA) is 46.2 Å². The Labute approximate surface area is 134 Å². The van der Waals surface area contributed by atoms with Gasteiger partial charge < -0.3 is 10.8 Å². The van der Waals surface area contributed by atoms with Crippen molar-refractivity contribution in [3.8, 4) is 0 Å². The Kier molecular flexibility index (Phi) is 6.86. The summed E-state index contributed by atoms with van der Waals surface area (Å²) in [5, 5.41) is 10.4. The number of nitrogens with two attached hydrogens (primary N) is 1. The second-order valence-corrected chi connectivity index (χ2v) is 5.91. The van der Waals surface area contributed by atoms with Gasteiger partial charge in [-0.3, -0.25) is 0 Å². The summed E-state index contributed by atoms with van der Waals surface area (Å²) in [6.07, 6.45) is -0.577. The van der Waals surface area contributed by atoms with Crippen LogP contribution in [0.25, 0.3) is 0 Å². The van der Waals surface area contributed by atoms with Crippen molar-refractivity contribution in [2.45, 2.75) is 28.9 Å². The molecule has 0 aliphatic heterocycles. The Bertz CT molecular complexity index is 546. The summed E-state index contributed by atoms with van der Waals surface area (Å²) in [6, 6.07) is 15.2. The first-order chi connectivity index (χ1) is 9.08. The average Bonchev–Trinajstić information content (AvgIpc) is 2.41. The van der Waals surface area contributed by atoms with E-state index in [4.69, 9.17) is 17.3 Å². The molecule has 0 amide bonds. The van der Waals surface area contributed by atoms with Crippen LogP contribution in [0.5, 0.6) is 0 Å². The molecule has 2 aromatic rings. The predicted molar refractivity (Wildman–Crippen MR) is 87.9 cm³/mol. The Morgan fingerprint density at radius 2 is 1.70 bits per heavy atom. The number of halogens is 2. The highest BCUT2D eigenvalue weighted by atomic mass is 35.5. The van der Waals surface area contributed by atoms with Crippen molar-refractivity contribution >= 4 is 35.8 Å². The number of benzene rings is 2. The molecule has 0 saturated carbocycles. The molecule has 0 radical (unpaired) electrons. The van der Waals surface area contributed by atoms with Crippen LogP contribution >= 0.6 is 35.8 Å². The van der Waals surface area contributed by atoms with Crippen molar-refractivity contribution in [2.24, 2.45) is 5.73 Å². The molecular weight excluding hydrogens is 313 g/mol. The van der Waals surface area contributed by atoms with Crippen LogP contribution in [0.2, 0.25) is 5.02 Å². The minimum Gasteiger partial charge on any atom is -0.391 e. The zero-order chi connectivity index (χ0) is 13.8. The highest BCUT2D eigenvalue weighted by Gasteiger charge is 2.16. The zero-order valence-electron chi connectivity index (χ0n) is 11.0. The van der Waals surface area contributed by atoms with Gasteiger partial charge in [0.2, 0.25) is 0 Å². The molecule has 2 atom stereocenters. The third-order valence-corrected chi connectivity index (χ3v) is 4.19. The summed E-state index contributed by atoms with van der Waals surface area (Å²) < 4.78 is 0. The van der Waals surface area contributed by atoms with Crippen LogP contribution in [0.3, 0.4) is 0 Å². The molecule has 0 spiro atoms. The molecule has 0 saturated heterocycles. The van der Waals surface area contributed by atoms with Gasteiger partial charge in [0.05, 0.1) is 12.1 Å². The summed E-state index contributed by atoms with van der Waals surface area (Å²) in [6.45, 7) is 1.70. The van der Waals surface area contributed by atoms with Crippen molar-refractivity contribution in [1.82, 2.24) is 0 Å². The van der Waals surface area contributed by atoms with Gasteiger partial charge in [0, 0.05) is 14.8 Å². The van der Waals surface area contributed by atoms with E-state index >= 15 is 0 Å². The van der Waals surface area contributed by atoms with Crippen molar-refractivity contribution < 1.29 is 5.11 Å². The van der Waals surface area contributed by atoms with E-state index in [0.29, 0.717) is 0 Å². The van der Waals surface area contributed by atoms with E-state index in [1.165, 1.54) is 0 Å². The van der Waals surface area contributed by atoms with E-state index in [1.54, 1.807) is 18.7 Å². The maximum absolute atomic E-state index is 9.65. The molecule has 20 heavy (non-hydrogen) atoms. The van der Waals surface area contributed by atoms with Crippen LogP contribution in [0.1, 0.15) is 18.5 Å². The number of hydrogen-bond donors (Lipinski definition) is 2. The lowest BCUT2D eigenvalue weighted by Gasteiger charge is -2.18. The highest BCUT2D eigenvalue weighted by molar-refractivity contribution is 7.99. The fourth-order valence-corrected chi connectivity index (χ4v) is 2.86. The van der Waals surface area contributed by atoms with Crippen LogP contribution in [0, 0.1) is 0 Å². The molecule has 0 aliphatic carbocycles. The maximum atomic E-state index is 9.65. The normalized spacial score (nSPS) is 13.4. The van der Waals surface area contributed by atoms with E-state index in [0.717, 1.165) is 20.4 Å². The SMILES string of the molecule is C[C@H](O)[C@H](N)c1ccccc1Sc1ccc(Cl)cc1.Cl. The van der Waals surface area contributed by atoms with Gasteiger partial charge in [0.1, 0.15) is 0 Å². The van der Waals surface area contributed by atoms with E-state index in [1.807, 2.05) is 48.5 Å². The maximum Gasteiger partial charge on any atom is 0.0705 e. The molecule has 0 aliphatic rings. The van der Waals surface area contributed by atoms with Gasteiger partial charge in [-0.05, 0) is 42.8 Å². The van der Waals surface area contributed by atoms with E-state index < -0.39 is 6.10 Å². The molecule has 2 rings (SSSR count). The van der Waals surface area contributed by atoms with Crippen LogP contribution in [-0.2, 0) is 0 Å². The fourth-order valence-electron chi connectivity index (χ4n) is 1.74. The van der Waals surface area contributed by atoms with Crippen LogP contribution in [-0.4, -0.2) is 11.2 Å². The van der Waals surface area contributed by atoms with Gasteiger partial charge in [-0.2, -0.15) is 0 Å². The minimum atomic E-state index is -0.577. The summed E-state index contributed by atoms with van der Waals surface area (Å²) in [5.41, 5.74) is 6.99. The smallest absolute Gasteiger partial charge is 0.0705 e.